The Balaban J connectivity index is 0.000000395. The average Bonchev–Trinajstić information content (AvgIpc) is 3.27. The zero-order chi connectivity index (χ0) is 48.0. The van der Waals surface area contributed by atoms with Gasteiger partial charge < -0.3 is 60.6 Å². The molecule has 16 N–H and O–H groups in total. The molecule has 0 heterocycles. The Morgan fingerprint density at radius 1 is 0.381 bits per heavy atom. The van der Waals surface area contributed by atoms with E-state index in [4.69, 9.17) is 28.7 Å². The van der Waals surface area contributed by atoms with Crippen LogP contribution in [0.5, 0.6) is 0 Å². The molecule has 20 heteroatoms. The molecule has 0 aliphatic rings. The highest BCUT2D eigenvalue weighted by Crippen LogP contribution is 2.15. The summed E-state index contributed by atoms with van der Waals surface area (Å²) in [6, 6.07) is 21.2. The second kappa shape index (κ2) is 26.0. The van der Waals surface area contributed by atoms with Crippen molar-refractivity contribution in [1.82, 2.24) is 31.9 Å². The lowest BCUT2D eigenvalue weighted by atomic mass is 10.1. The number of benzene rings is 5. The van der Waals surface area contributed by atoms with Gasteiger partial charge in [0.25, 0.3) is 35.4 Å². The minimum Gasteiger partial charge on any atom is -0.399 e. The van der Waals surface area contributed by atoms with Crippen LogP contribution in [-0.4, -0.2) is 77.7 Å². The molecular weight excluding hydrogens is 824 g/mol. The van der Waals surface area contributed by atoms with Crippen LogP contribution in [0.2, 0.25) is 0 Å². The lowest BCUT2D eigenvalue weighted by Crippen LogP contribution is -2.21. The second-order valence-corrected chi connectivity index (χ2v) is 12.6. The third-order valence-electron chi connectivity index (χ3n) is 8.06. The zero-order valence-electron chi connectivity index (χ0n) is 35.6. The fourth-order valence-corrected chi connectivity index (χ4v) is 4.70. The van der Waals surface area contributed by atoms with Gasteiger partial charge in [-0.3, -0.25) is 28.8 Å². The van der Waals surface area contributed by atoms with E-state index in [1.165, 1.54) is 95.9 Å². The maximum Gasteiger partial charge on any atom is 0.254 e. The summed E-state index contributed by atoms with van der Waals surface area (Å²) in [5.41, 5.74) is 31.7. The van der Waals surface area contributed by atoms with Crippen molar-refractivity contribution in [2.45, 2.75) is 6.92 Å². The quantitative estimate of drug-likeness (QED) is 0.110. The van der Waals surface area contributed by atoms with E-state index < -0.39 is 23.4 Å². The number of carbonyl (C=O) groups excluding carboxylic acids is 6. The van der Waals surface area contributed by atoms with Gasteiger partial charge in [0.15, 0.2) is 0 Å². The smallest absolute Gasteiger partial charge is 0.254 e. The Kier molecular flexibility index (Phi) is 21.8. The first-order chi connectivity index (χ1) is 29.7. The van der Waals surface area contributed by atoms with Crippen molar-refractivity contribution in [1.29, 1.82) is 0 Å². The van der Waals surface area contributed by atoms with Crippen LogP contribution >= 0.6 is 0 Å². The maximum absolute atomic E-state index is 12.9. The van der Waals surface area contributed by atoms with Crippen molar-refractivity contribution in [2.24, 2.45) is 0 Å². The number of anilines is 5. The molecule has 0 aliphatic carbocycles. The molecule has 5 aromatic rings. The summed E-state index contributed by atoms with van der Waals surface area (Å²) in [7, 11) is 9.05. The molecule has 0 radical (unpaired) electrons. The van der Waals surface area contributed by atoms with E-state index in [1.807, 2.05) is 13.0 Å². The number of nitrogens with two attached hydrogens (primary N) is 5. The highest BCUT2D eigenvalue weighted by atomic mass is 19.1. The SMILES string of the molecule is CNC(=O)c1cc(N)cc(C(=O)NC)c1.CNC(=O)c1cc(N)cc(F)c1.CNC(=O)c1cc(N)ccc1F.CNC(=O)c1ccc(C)c(N)c1.CNC(=O)c1ccc(F)c(N)c1. The highest BCUT2D eigenvalue weighted by molar-refractivity contribution is 6.01. The Hall–Kier alpha value is -8.29. The van der Waals surface area contributed by atoms with Crippen molar-refractivity contribution < 1.29 is 41.9 Å². The van der Waals surface area contributed by atoms with Crippen LogP contribution in [0.1, 0.15) is 67.7 Å². The number of nitrogen functional groups attached to an aromatic ring is 5. The second-order valence-electron chi connectivity index (χ2n) is 12.6. The van der Waals surface area contributed by atoms with E-state index in [9.17, 15) is 41.9 Å². The number of halogens is 3. The summed E-state index contributed by atoms with van der Waals surface area (Å²) in [6.07, 6.45) is 0. The van der Waals surface area contributed by atoms with E-state index in [0.29, 0.717) is 39.3 Å². The minimum atomic E-state index is -0.566. The summed E-state index contributed by atoms with van der Waals surface area (Å²) in [4.78, 5) is 66.7. The van der Waals surface area contributed by atoms with Crippen molar-refractivity contribution in [3.63, 3.8) is 0 Å². The van der Waals surface area contributed by atoms with Gasteiger partial charge in [0.1, 0.15) is 17.5 Å². The molecule has 0 aromatic heterocycles. The molecule has 0 aliphatic heterocycles. The lowest BCUT2D eigenvalue weighted by Gasteiger charge is -2.05. The van der Waals surface area contributed by atoms with Crippen LogP contribution in [0.3, 0.4) is 0 Å². The first-order valence-electron chi connectivity index (χ1n) is 18.4. The average molecular weight is 876 g/mol. The molecule has 336 valence electrons. The number of hydrogen-bond acceptors (Lipinski definition) is 11. The van der Waals surface area contributed by atoms with E-state index in [2.05, 4.69) is 31.9 Å². The Bertz CT molecular complexity index is 2300. The van der Waals surface area contributed by atoms with Crippen LogP contribution in [0, 0.1) is 24.4 Å². The lowest BCUT2D eigenvalue weighted by molar-refractivity contribution is 0.0949. The van der Waals surface area contributed by atoms with Gasteiger partial charge >= 0.3 is 0 Å². The standard InChI is InChI=1S/C10H13N3O2.C9H12N2O.3C8H9FN2O/c1-12-9(14)6-3-7(10(15)13-2)5-8(11)4-6;1-6-3-4-7(5-8(6)10)9(12)11-2;1-11-8(12)5-2-6(9)4-7(10)3-5;1-11-8(12)6-4-5(10)2-3-7(6)9;1-11-8(12)5-2-3-6(9)7(10)4-5/h3-5H,11H2,1-2H3,(H,12,14)(H,13,15);3-5H,10H2,1-2H3,(H,11,12);3*2-4H,10H2,1H3,(H,11,12). The molecule has 17 nitrogen and oxygen atoms in total. The molecule has 0 saturated carbocycles. The summed E-state index contributed by atoms with van der Waals surface area (Å²) in [5.74, 6) is -3.33. The number of hydrogen-bond donors (Lipinski definition) is 11. The highest BCUT2D eigenvalue weighted by Gasteiger charge is 2.11. The van der Waals surface area contributed by atoms with Crippen LogP contribution in [0.15, 0.2) is 91.0 Å². The number of aryl methyl sites for hydroxylation is 1. The third kappa shape index (κ3) is 17.5. The van der Waals surface area contributed by atoms with Gasteiger partial charge in [0.05, 0.1) is 11.3 Å². The minimum absolute atomic E-state index is 0.0175. The van der Waals surface area contributed by atoms with Gasteiger partial charge in [-0.15, -0.1) is 0 Å². The maximum atomic E-state index is 12.9. The van der Waals surface area contributed by atoms with Gasteiger partial charge in [-0.2, -0.15) is 0 Å². The predicted octanol–water partition coefficient (Wildman–Crippen LogP) is 3.23. The van der Waals surface area contributed by atoms with Crippen molar-refractivity contribution in [2.75, 3.05) is 71.0 Å². The number of carbonyl (C=O) groups is 6. The number of rotatable bonds is 6. The van der Waals surface area contributed by atoms with Crippen LogP contribution in [0.25, 0.3) is 0 Å². The van der Waals surface area contributed by atoms with Gasteiger partial charge in [-0.1, -0.05) is 6.07 Å². The molecule has 5 aromatic carbocycles. The van der Waals surface area contributed by atoms with Gasteiger partial charge in [0, 0.05) is 92.9 Å². The van der Waals surface area contributed by atoms with Crippen molar-refractivity contribution in [3.8, 4) is 0 Å². The van der Waals surface area contributed by atoms with E-state index >= 15 is 0 Å². The molecule has 5 rings (SSSR count). The molecule has 63 heavy (non-hydrogen) atoms. The first-order valence-corrected chi connectivity index (χ1v) is 18.4. The molecular formula is C43H52F3N11O6. The number of amides is 6. The predicted molar refractivity (Wildman–Crippen MR) is 239 cm³/mol. The van der Waals surface area contributed by atoms with Crippen LogP contribution < -0.4 is 60.6 Å². The van der Waals surface area contributed by atoms with Gasteiger partial charge in [-0.25, -0.2) is 13.2 Å². The largest absolute Gasteiger partial charge is 0.399 e. The normalized spacial score (nSPS) is 9.49. The molecule has 0 spiro atoms. The summed E-state index contributed by atoms with van der Waals surface area (Å²) in [6.45, 7) is 1.91. The number of nitrogens with one attached hydrogen (secondary N) is 6. The fourth-order valence-electron chi connectivity index (χ4n) is 4.70. The van der Waals surface area contributed by atoms with E-state index in [1.54, 1.807) is 19.2 Å². The zero-order valence-corrected chi connectivity index (χ0v) is 35.6. The Labute approximate surface area is 362 Å². The summed E-state index contributed by atoms with van der Waals surface area (Å²) < 4.78 is 38.2. The van der Waals surface area contributed by atoms with E-state index in [-0.39, 0.29) is 52.0 Å². The van der Waals surface area contributed by atoms with Gasteiger partial charge in [0.2, 0.25) is 0 Å². The van der Waals surface area contributed by atoms with Crippen molar-refractivity contribution >= 4 is 63.9 Å². The summed E-state index contributed by atoms with van der Waals surface area (Å²) >= 11 is 0. The van der Waals surface area contributed by atoms with Crippen molar-refractivity contribution in [3.05, 3.63) is 147 Å². The molecule has 0 bridgehead atoms. The van der Waals surface area contributed by atoms with Gasteiger partial charge in [-0.05, 0) is 97.4 Å². The summed E-state index contributed by atoms with van der Waals surface area (Å²) in [5, 5.41) is 14.6. The Morgan fingerprint density at radius 2 is 0.762 bits per heavy atom. The molecule has 6 amide bonds. The molecule has 0 saturated heterocycles. The first kappa shape index (κ1) is 52.7. The van der Waals surface area contributed by atoms with Crippen LogP contribution in [-0.2, 0) is 0 Å². The molecule has 0 unspecified atom stereocenters. The topological polar surface area (TPSA) is 305 Å². The molecule has 0 atom stereocenters. The fraction of sp³-hybridized carbons (Fsp3) is 0.163. The third-order valence-corrected chi connectivity index (χ3v) is 8.06. The molecule has 0 fully saturated rings. The van der Waals surface area contributed by atoms with Crippen LogP contribution in [0.4, 0.5) is 41.6 Å². The monoisotopic (exact) mass is 875 g/mol. The van der Waals surface area contributed by atoms with E-state index in [0.717, 1.165) is 17.7 Å². The Morgan fingerprint density at radius 3 is 1.17 bits per heavy atom.